The van der Waals surface area contributed by atoms with Crippen molar-refractivity contribution in [3.05, 3.63) is 34.4 Å². The summed E-state index contributed by atoms with van der Waals surface area (Å²) in [5, 5.41) is 0. The Morgan fingerprint density at radius 3 is 1.93 bits per heavy atom. The molecule has 0 unspecified atom stereocenters. The monoisotopic (exact) mass is 190 g/mol. The van der Waals surface area contributed by atoms with E-state index < -0.39 is 11.9 Å². The van der Waals surface area contributed by atoms with Crippen LogP contribution >= 0.6 is 0 Å². The van der Waals surface area contributed by atoms with E-state index in [1.165, 1.54) is 0 Å². The van der Waals surface area contributed by atoms with Crippen LogP contribution in [0.1, 0.15) is 31.8 Å². The molecule has 1 aromatic carbocycles. The molecule has 0 spiro atoms. The molecule has 3 rings (SSSR count). The number of carbonyl (C=O) groups is 2. The fraction of sp³-hybridized carbons (Fsp3) is 0.200. The van der Waals surface area contributed by atoms with Gasteiger partial charge in [-0.05, 0) is 23.3 Å². The van der Waals surface area contributed by atoms with E-state index in [4.69, 9.17) is 4.74 Å². The van der Waals surface area contributed by atoms with Gasteiger partial charge in [-0.15, -0.1) is 0 Å². The van der Waals surface area contributed by atoms with Gasteiger partial charge in [0.25, 0.3) is 0 Å². The van der Waals surface area contributed by atoms with Crippen LogP contribution in [-0.4, -0.2) is 11.9 Å². The first kappa shape index (κ1) is 7.70. The zero-order valence-electron chi connectivity index (χ0n) is 7.20. The lowest BCUT2D eigenvalue weighted by Crippen LogP contribution is -1.97. The van der Waals surface area contributed by atoms with Crippen molar-refractivity contribution in [3.8, 4) is 0 Å². The molecule has 0 aromatic heterocycles. The highest BCUT2D eigenvalue weighted by Crippen LogP contribution is 2.28. The standard InChI is InChI=1S/C10H6O4/c11-9-7-1-5-3-13-4-6(5)2-8(7)10(12)14-9/h1-2H,3-4H2. The largest absolute Gasteiger partial charge is 0.386 e. The lowest BCUT2D eigenvalue weighted by Gasteiger charge is -1.97. The number of hydrogen-bond donors (Lipinski definition) is 0. The van der Waals surface area contributed by atoms with Crippen LogP contribution in [0.15, 0.2) is 12.1 Å². The smallest absolute Gasteiger partial charge is 0.346 e. The lowest BCUT2D eigenvalue weighted by atomic mass is 10.0. The molecule has 0 fully saturated rings. The highest BCUT2D eigenvalue weighted by molar-refractivity contribution is 6.14. The molecule has 0 saturated heterocycles. The van der Waals surface area contributed by atoms with E-state index in [2.05, 4.69) is 4.74 Å². The maximum Gasteiger partial charge on any atom is 0.346 e. The summed E-state index contributed by atoms with van der Waals surface area (Å²) in [4.78, 5) is 22.4. The first-order valence-electron chi connectivity index (χ1n) is 4.26. The summed E-state index contributed by atoms with van der Waals surface area (Å²) in [6.45, 7) is 1.01. The van der Waals surface area contributed by atoms with Gasteiger partial charge in [-0.25, -0.2) is 9.59 Å². The van der Waals surface area contributed by atoms with Gasteiger partial charge in [0.05, 0.1) is 24.3 Å². The molecule has 2 aliphatic heterocycles. The van der Waals surface area contributed by atoms with Crippen LogP contribution in [0.2, 0.25) is 0 Å². The molecular weight excluding hydrogens is 184 g/mol. The van der Waals surface area contributed by atoms with Crippen LogP contribution in [-0.2, 0) is 22.7 Å². The number of benzene rings is 1. The molecule has 1 aromatic rings. The minimum Gasteiger partial charge on any atom is -0.386 e. The second-order valence-corrected chi connectivity index (χ2v) is 3.34. The molecule has 0 N–H and O–H groups in total. The Balaban J connectivity index is 2.26. The van der Waals surface area contributed by atoms with Gasteiger partial charge in [0, 0.05) is 0 Å². The normalized spacial score (nSPS) is 18.0. The molecular formula is C10H6O4. The maximum atomic E-state index is 11.2. The molecule has 0 amide bonds. The zero-order valence-corrected chi connectivity index (χ0v) is 7.20. The molecule has 2 aliphatic rings. The van der Waals surface area contributed by atoms with Crippen molar-refractivity contribution in [1.82, 2.24) is 0 Å². The number of esters is 2. The molecule has 0 radical (unpaired) electrons. The molecule has 4 heteroatoms. The number of fused-ring (bicyclic) bond motifs is 2. The molecule has 2 heterocycles. The van der Waals surface area contributed by atoms with E-state index in [1.807, 2.05) is 0 Å². The van der Waals surface area contributed by atoms with Crippen molar-refractivity contribution in [2.45, 2.75) is 13.2 Å². The van der Waals surface area contributed by atoms with E-state index >= 15 is 0 Å². The molecule has 4 nitrogen and oxygen atoms in total. The van der Waals surface area contributed by atoms with Gasteiger partial charge in [-0.3, -0.25) is 0 Å². The topological polar surface area (TPSA) is 52.6 Å². The van der Waals surface area contributed by atoms with Crippen LogP contribution in [0.3, 0.4) is 0 Å². The molecule has 0 bridgehead atoms. The third-order valence-corrected chi connectivity index (χ3v) is 2.48. The third-order valence-electron chi connectivity index (χ3n) is 2.48. The molecule has 14 heavy (non-hydrogen) atoms. The van der Waals surface area contributed by atoms with E-state index in [0.717, 1.165) is 11.1 Å². The molecule has 0 atom stereocenters. The van der Waals surface area contributed by atoms with E-state index in [1.54, 1.807) is 12.1 Å². The highest BCUT2D eigenvalue weighted by Gasteiger charge is 2.31. The Hall–Kier alpha value is -1.68. The molecule has 0 saturated carbocycles. The predicted octanol–water partition coefficient (Wildman–Crippen LogP) is 1.03. The second-order valence-electron chi connectivity index (χ2n) is 3.34. The van der Waals surface area contributed by atoms with E-state index in [0.29, 0.717) is 24.3 Å². The van der Waals surface area contributed by atoms with Crippen LogP contribution in [0.5, 0.6) is 0 Å². The Morgan fingerprint density at radius 1 is 0.929 bits per heavy atom. The van der Waals surface area contributed by atoms with Crippen molar-refractivity contribution >= 4 is 11.9 Å². The lowest BCUT2D eigenvalue weighted by molar-refractivity contribution is 0.0443. The van der Waals surface area contributed by atoms with Crippen molar-refractivity contribution < 1.29 is 19.1 Å². The summed E-state index contributed by atoms with van der Waals surface area (Å²) in [6.07, 6.45) is 0. The van der Waals surface area contributed by atoms with Crippen LogP contribution in [0.4, 0.5) is 0 Å². The first-order chi connectivity index (χ1) is 6.75. The Morgan fingerprint density at radius 2 is 1.43 bits per heavy atom. The third kappa shape index (κ3) is 0.858. The average Bonchev–Trinajstić information content (AvgIpc) is 2.70. The number of rotatable bonds is 0. The quantitative estimate of drug-likeness (QED) is 0.453. The van der Waals surface area contributed by atoms with Gasteiger partial charge in [0.1, 0.15) is 0 Å². The van der Waals surface area contributed by atoms with E-state index in [9.17, 15) is 9.59 Å². The number of cyclic esters (lactones) is 2. The minimum absolute atomic E-state index is 0.360. The summed E-state index contributed by atoms with van der Waals surface area (Å²) in [5.74, 6) is -1.11. The summed E-state index contributed by atoms with van der Waals surface area (Å²) in [5.41, 5.74) is 2.66. The van der Waals surface area contributed by atoms with Crippen molar-refractivity contribution in [2.24, 2.45) is 0 Å². The summed E-state index contributed by atoms with van der Waals surface area (Å²) in [6, 6.07) is 3.37. The SMILES string of the molecule is O=C1OC(=O)c2cc3c(cc21)COC3. The Kier molecular flexibility index (Phi) is 1.33. The fourth-order valence-electron chi connectivity index (χ4n) is 1.76. The van der Waals surface area contributed by atoms with Gasteiger partial charge < -0.3 is 9.47 Å². The first-order valence-corrected chi connectivity index (χ1v) is 4.26. The van der Waals surface area contributed by atoms with Crippen LogP contribution in [0, 0.1) is 0 Å². The minimum atomic E-state index is -0.556. The predicted molar refractivity (Wildman–Crippen MR) is 44.7 cm³/mol. The van der Waals surface area contributed by atoms with Crippen LogP contribution in [0.25, 0.3) is 0 Å². The zero-order chi connectivity index (χ0) is 9.71. The Bertz CT molecular complexity index is 420. The van der Waals surface area contributed by atoms with Gasteiger partial charge in [-0.1, -0.05) is 0 Å². The van der Waals surface area contributed by atoms with E-state index in [-0.39, 0.29) is 0 Å². The highest BCUT2D eigenvalue weighted by atomic mass is 16.6. The molecule has 0 aliphatic carbocycles. The average molecular weight is 190 g/mol. The van der Waals surface area contributed by atoms with Crippen molar-refractivity contribution in [2.75, 3.05) is 0 Å². The van der Waals surface area contributed by atoms with Gasteiger partial charge >= 0.3 is 11.9 Å². The van der Waals surface area contributed by atoms with Crippen molar-refractivity contribution in [1.29, 1.82) is 0 Å². The van der Waals surface area contributed by atoms with Crippen LogP contribution < -0.4 is 0 Å². The van der Waals surface area contributed by atoms with Gasteiger partial charge in [0.2, 0.25) is 0 Å². The number of carbonyl (C=O) groups excluding carboxylic acids is 2. The number of ether oxygens (including phenoxy) is 2. The van der Waals surface area contributed by atoms with Gasteiger partial charge in [0.15, 0.2) is 0 Å². The second kappa shape index (κ2) is 2.42. The summed E-state index contributed by atoms with van der Waals surface area (Å²) < 4.78 is 9.69. The van der Waals surface area contributed by atoms with Crippen molar-refractivity contribution in [3.63, 3.8) is 0 Å². The summed E-state index contributed by atoms with van der Waals surface area (Å²) in [7, 11) is 0. The summed E-state index contributed by atoms with van der Waals surface area (Å²) >= 11 is 0. The fourth-order valence-corrected chi connectivity index (χ4v) is 1.76. The Labute approximate surface area is 79.4 Å². The molecule has 70 valence electrons. The van der Waals surface area contributed by atoms with Gasteiger partial charge in [-0.2, -0.15) is 0 Å². The number of hydrogen-bond acceptors (Lipinski definition) is 4. The maximum absolute atomic E-state index is 11.2.